The molecule has 0 spiro atoms. The third-order valence-electron chi connectivity index (χ3n) is 2.37. The standard InChI is InChI=1S/C9H12BrN3/c1-6-7(10)5-12-9-8(6)11-3-4-13(9)2/h5,11H,3-4H2,1-2H3. The molecular formula is C9H12BrN3. The van der Waals surface area contributed by atoms with Gasteiger partial charge < -0.3 is 10.2 Å². The Bertz CT molecular complexity index is 338. The van der Waals surface area contributed by atoms with E-state index < -0.39 is 0 Å². The van der Waals surface area contributed by atoms with Gasteiger partial charge in [0.15, 0.2) is 5.82 Å². The molecule has 0 fully saturated rings. The fourth-order valence-electron chi connectivity index (χ4n) is 1.52. The van der Waals surface area contributed by atoms with Crippen LogP contribution < -0.4 is 10.2 Å². The summed E-state index contributed by atoms with van der Waals surface area (Å²) in [4.78, 5) is 6.55. The van der Waals surface area contributed by atoms with Gasteiger partial charge in [-0.05, 0) is 28.4 Å². The number of fused-ring (bicyclic) bond motifs is 1. The van der Waals surface area contributed by atoms with Crippen LogP contribution in [0.4, 0.5) is 11.5 Å². The van der Waals surface area contributed by atoms with Crippen LogP contribution in [0.15, 0.2) is 10.7 Å². The third kappa shape index (κ3) is 1.39. The molecule has 0 atom stereocenters. The van der Waals surface area contributed by atoms with Crippen molar-refractivity contribution in [3.05, 3.63) is 16.2 Å². The first kappa shape index (κ1) is 8.81. The van der Waals surface area contributed by atoms with Gasteiger partial charge >= 0.3 is 0 Å². The number of hydrogen-bond acceptors (Lipinski definition) is 3. The minimum absolute atomic E-state index is 0.989. The van der Waals surface area contributed by atoms with Gasteiger partial charge in [-0.15, -0.1) is 0 Å². The van der Waals surface area contributed by atoms with Gasteiger partial charge in [0.05, 0.1) is 5.69 Å². The van der Waals surface area contributed by atoms with Gasteiger partial charge in [0.25, 0.3) is 0 Å². The van der Waals surface area contributed by atoms with Crippen LogP contribution >= 0.6 is 15.9 Å². The predicted octanol–water partition coefficient (Wildman–Crippen LogP) is 2.01. The molecule has 1 N–H and O–H groups in total. The Kier molecular flexibility index (Phi) is 2.15. The average Bonchev–Trinajstić information content (AvgIpc) is 2.12. The highest BCUT2D eigenvalue weighted by atomic mass is 79.9. The van der Waals surface area contributed by atoms with Crippen molar-refractivity contribution in [3.63, 3.8) is 0 Å². The van der Waals surface area contributed by atoms with Gasteiger partial charge in [-0.1, -0.05) is 0 Å². The molecule has 0 saturated heterocycles. The molecule has 0 aliphatic carbocycles. The lowest BCUT2D eigenvalue weighted by atomic mass is 10.2. The molecule has 2 heterocycles. The number of likely N-dealkylation sites (N-methyl/N-ethyl adjacent to an activating group) is 1. The minimum atomic E-state index is 0.989. The quantitative estimate of drug-likeness (QED) is 0.754. The summed E-state index contributed by atoms with van der Waals surface area (Å²) in [6.45, 7) is 4.10. The van der Waals surface area contributed by atoms with Crippen molar-refractivity contribution in [2.45, 2.75) is 6.92 Å². The van der Waals surface area contributed by atoms with Gasteiger partial charge in [-0.2, -0.15) is 0 Å². The minimum Gasteiger partial charge on any atom is -0.380 e. The van der Waals surface area contributed by atoms with Crippen LogP contribution in [0.3, 0.4) is 0 Å². The number of rotatable bonds is 0. The van der Waals surface area contributed by atoms with Crippen LogP contribution in [0.2, 0.25) is 0 Å². The molecule has 0 amide bonds. The fourth-order valence-corrected chi connectivity index (χ4v) is 1.82. The molecule has 0 unspecified atom stereocenters. The molecule has 13 heavy (non-hydrogen) atoms. The Morgan fingerprint density at radius 2 is 2.38 bits per heavy atom. The van der Waals surface area contributed by atoms with E-state index in [-0.39, 0.29) is 0 Å². The number of halogens is 1. The van der Waals surface area contributed by atoms with Crippen LogP contribution in [-0.2, 0) is 0 Å². The van der Waals surface area contributed by atoms with Gasteiger partial charge in [0.1, 0.15) is 0 Å². The molecule has 1 aliphatic rings. The van der Waals surface area contributed by atoms with Crippen molar-refractivity contribution < 1.29 is 0 Å². The zero-order valence-electron chi connectivity index (χ0n) is 7.76. The maximum Gasteiger partial charge on any atom is 0.152 e. The molecule has 3 nitrogen and oxygen atoms in total. The number of hydrogen-bond donors (Lipinski definition) is 1. The monoisotopic (exact) mass is 241 g/mol. The summed E-state index contributed by atoms with van der Waals surface area (Å²) in [6.07, 6.45) is 1.86. The van der Waals surface area contributed by atoms with E-state index in [4.69, 9.17) is 0 Å². The van der Waals surface area contributed by atoms with Crippen molar-refractivity contribution in [1.29, 1.82) is 0 Å². The van der Waals surface area contributed by atoms with Crippen LogP contribution in [-0.4, -0.2) is 25.1 Å². The molecule has 0 radical (unpaired) electrons. The van der Waals surface area contributed by atoms with Crippen LogP contribution in [0.5, 0.6) is 0 Å². The van der Waals surface area contributed by atoms with Crippen molar-refractivity contribution in [2.75, 3.05) is 30.4 Å². The zero-order chi connectivity index (χ0) is 9.42. The summed E-state index contributed by atoms with van der Waals surface area (Å²) in [5, 5.41) is 3.37. The highest BCUT2D eigenvalue weighted by Crippen LogP contribution is 2.32. The number of pyridine rings is 1. The highest BCUT2D eigenvalue weighted by molar-refractivity contribution is 9.10. The molecule has 1 aromatic heterocycles. The summed E-state index contributed by atoms with van der Waals surface area (Å²) in [6, 6.07) is 0. The molecule has 1 aliphatic heterocycles. The number of anilines is 2. The predicted molar refractivity (Wildman–Crippen MR) is 58.4 cm³/mol. The SMILES string of the molecule is Cc1c(Br)cnc2c1NCCN2C. The van der Waals surface area contributed by atoms with Crippen molar-refractivity contribution in [3.8, 4) is 0 Å². The van der Waals surface area contributed by atoms with E-state index in [1.807, 2.05) is 6.20 Å². The molecular weight excluding hydrogens is 230 g/mol. The second-order valence-electron chi connectivity index (χ2n) is 3.28. The lowest BCUT2D eigenvalue weighted by molar-refractivity contribution is 0.860. The third-order valence-corrected chi connectivity index (χ3v) is 3.17. The summed E-state index contributed by atoms with van der Waals surface area (Å²) in [7, 11) is 2.07. The second kappa shape index (κ2) is 3.18. The summed E-state index contributed by atoms with van der Waals surface area (Å²) >= 11 is 3.47. The van der Waals surface area contributed by atoms with Crippen LogP contribution in [0.25, 0.3) is 0 Å². The van der Waals surface area contributed by atoms with Crippen molar-refractivity contribution in [1.82, 2.24) is 4.98 Å². The van der Waals surface area contributed by atoms with E-state index >= 15 is 0 Å². The average molecular weight is 242 g/mol. The zero-order valence-corrected chi connectivity index (χ0v) is 9.35. The van der Waals surface area contributed by atoms with Gasteiger partial charge in [0.2, 0.25) is 0 Å². The first-order valence-electron chi connectivity index (χ1n) is 4.30. The highest BCUT2D eigenvalue weighted by Gasteiger charge is 2.17. The normalized spacial score (nSPS) is 15.2. The van der Waals surface area contributed by atoms with E-state index in [2.05, 4.69) is 45.1 Å². The van der Waals surface area contributed by atoms with Crippen molar-refractivity contribution in [2.24, 2.45) is 0 Å². The Morgan fingerprint density at radius 1 is 1.62 bits per heavy atom. The van der Waals surface area contributed by atoms with Crippen molar-refractivity contribution >= 4 is 27.4 Å². The molecule has 70 valence electrons. The molecule has 0 bridgehead atoms. The Balaban J connectivity index is 2.56. The van der Waals surface area contributed by atoms with Gasteiger partial charge in [-0.25, -0.2) is 4.98 Å². The maximum atomic E-state index is 4.38. The molecule has 0 aromatic carbocycles. The Hall–Kier alpha value is -0.770. The first-order valence-corrected chi connectivity index (χ1v) is 5.09. The van der Waals surface area contributed by atoms with Gasteiger partial charge in [-0.3, -0.25) is 0 Å². The van der Waals surface area contributed by atoms with E-state index in [1.54, 1.807) is 0 Å². The van der Waals surface area contributed by atoms with E-state index in [1.165, 1.54) is 5.56 Å². The largest absolute Gasteiger partial charge is 0.380 e. The lowest BCUT2D eigenvalue weighted by Gasteiger charge is -2.28. The van der Waals surface area contributed by atoms with E-state index in [9.17, 15) is 0 Å². The number of nitrogens with one attached hydrogen (secondary N) is 1. The number of aromatic nitrogens is 1. The summed E-state index contributed by atoms with van der Waals surface area (Å²) in [5.41, 5.74) is 2.39. The van der Waals surface area contributed by atoms with E-state index in [0.717, 1.165) is 29.1 Å². The number of nitrogens with zero attached hydrogens (tertiary/aromatic N) is 2. The second-order valence-corrected chi connectivity index (χ2v) is 4.13. The molecule has 1 aromatic rings. The van der Waals surface area contributed by atoms with Crippen LogP contribution in [0.1, 0.15) is 5.56 Å². The van der Waals surface area contributed by atoms with E-state index in [0.29, 0.717) is 0 Å². The molecule has 2 rings (SSSR count). The van der Waals surface area contributed by atoms with Crippen LogP contribution in [0, 0.1) is 6.92 Å². The first-order chi connectivity index (χ1) is 6.20. The topological polar surface area (TPSA) is 28.2 Å². The molecule has 4 heteroatoms. The Morgan fingerprint density at radius 3 is 3.15 bits per heavy atom. The molecule has 0 saturated carbocycles. The Labute approximate surface area is 86.3 Å². The fraction of sp³-hybridized carbons (Fsp3) is 0.444. The van der Waals surface area contributed by atoms with Gasteiger partial charge in [0, 0.05) is 30.8 Å². The summed E-state index contributed by atoms with van der Waals surface area (Å²) < 4.78 is 1.06. The maximum absolute atomic E-state index is 4.38. The summed E-state index contributed by atoms with van der Waals surface area (Å²) in [5.74, 6) is 1.05. The lowest BCUT2D eigenvalue weighted by Crippen LogP contribution is -2.31. The smallest absolute Gasteiger partial charge is 0.152 e.